The third-order valence-electron chi connectivity index (χ3n) is 4.80. The predicted molar refractivity (Wildman–Crippen MR) is 98.9 cm³/mol. The highest BCUT2D eigenvalue weighted by molar-refractivity contribution is 7.87. The summed E-state index contributed by atoms with van der Waals surface area (Å²) in [5.74, 6) is -12.5. The lowest BCUT2D eigenvalue weighted by molar-refractivity contribution is -0.341. The standard InChI is InChI=1S/C16H23F7O9S2/c1-2-30-12(24)14(15(19,20)21,32-33(25,26)11-7-4-3-5-8-11)31-10-6-9-13(17,18)16(22,23)34(27,28)29/h11H,2-10H2,1H3,(H,27,28,29). The fourth-order valence-electron chi connectivity index (χ4n) is 3.02. The molecule has 0 aliphatic heterocycles. The van der Waals surface area contributed by atoms with Gasteiger partial charge in [-0.1, -0.05) is 19.3 Å². The van der Waals surface area contributed by atoms with Crippen molar-refractivity contribution >= 4 is 26.2 Å². The van der Waals surface area contributed by atoms with Crippen molar-refractivity contribution in [3.05, 3.63) is 0 Å². The number of hydrogen-bond donors (Lipinski definition) is 1. The lowest BCUT2D eigenvalue weighted by Crippen LogP contribution is -2.59. The van der Waals surface area contributed by atoms with Crippen LogP contribution in [0.5, 0.6) is 0 Å². The van der Waals surface area contributed by atoms with Gasteiger partial charge in [0.05, 0.1) is 18.5 Å². The van der Waals surface area contributed by atoms with Crippen molar-refractivity contribution in [1.82, 2.24) is 0 Å². The highest BCUT2D eigenvalue weighted by Gasteiger charge is 2.69. The summed E-state index contributed by atoms with van der Waals surface area (Å²) >= 11 is 0. The Morgan fingerprint density at radius 3 is 1.94 bits per heavy atom. The van der Waals surface area contributed by atoms with Gasteiger partial charge < -0.3 is 9.47 Å². The van der Waals surface area contributed by atoms with E-state index in [0.717, 1.165) is 6.92 Å². The van der Waals surface area contributed by atoms with E-state index >= 15 is 0 Å². The van der Waals surface area contributed by atoms with Crippen LogP contribution in [-0.2, 0) is 38.7 Å². The number of carbonyl (C=O) groups is 1. The molecule has 0 bridgehead atoms. The Labute approximate surface area is 190 Å². The minimum atomic E-state index is -6.59. The van der Waals surface area contributed by atoms with E-state index in [9.17, 15) is 52.4 Å². The van der Waals surface area contributed by atoms with Gasteiger partial charge in [-0.2, -0.15) is 47.6 Å². The lowest BCUT2D eigenvalue weighted by Gasteiger charge is -2.34. The summed E-state index contributed by atoms with van der Waals surface area (Å²) in [6.45, 7) is -1.26. The van der Waals surface area contributed by atoms with Crippen LogP contribution < -0.4 is 0 Å². The smallest absolute Gasteiger partial charge is 0.456 e. The molecule has 1 N–H and O–H groups in total. The zero-order valence-corrected chi connectivity index (χ0v) is 19.2. The van der Waals surface area contributed by atoms with Crippen LogP contribution >= 0.6 is 0 Å². The molecule has 0 spiro atoms. The second-order valence-electron chi connectivity index (χ2n) is 7.32. The summed E-state index contributed by atoms with van der Waals surface area (Å²) in [6.07, 6.45) is -8.40. The normalized spacial score (nSPS) is 19.0. The van der Waals surface area contributed by atoms with Gasteiger partial charge in [0.1, 0.15) is 0 Å². The molecule has 1 unspecified atom stereocenters. The summed E-state index contributed by atoms with van der Waals surface area (Å²) in [5.41, 5.74) is 0. The zero-order valence-electron chi connectivity index (χ0n) is 17.6. The summed E-state index contributed by atoms with van der Waals surface area (Å²) in [6, 6.07) is 0. The lowest BCUT2D eigenvalue weighted by atomic mass is 10.0. The van der Waals surface area contributed by atoms with Crippen LogP contribution in [0.25, 0.3) is 0 Å². The first-order valence-corrected chi connectivity index (χ1v) is 12.7. The van der Waals surface area contributed by atoms with E-state index in [0.29, 0.717) is 19.3 Å². The van der Waals surface area contributed by atoms with Crippen molar-refractivity contribution in [2.45, 2.75) is 80.3 Å². The maximum atomic E-state index is 13.9. The van der Waals surface area contributed by atoms with Gasteiger partial charge in [0.2, 0.25) is 0 Å². The molecule has 0 aromatic rings. The van der Waals surface area contributed by atoms with Crippen LogP contribution in [0.2, 0.25) is 0 Å². The quantitative estimate of drug-likeness (QED) is 0.0959. The molecule has 1 saturated carbocycles. The molecular formula is C16H23F7O9S2. The van der Waals surface area contributed by atoms with E-state index in [4.69, 9.17) is 4.55 Å². The molecule has 1 rings (SSSR count). The maximum absolute atomic E-state index is 13.9. The highest BCUT2D eigenvalue weighted by Crippen LogP contribution is 2.43. The molecule has 34 heavy (non-hydrogen) atoms. The Bertz CT molecular complexity index is 914. The molecule has 1 fully saturated rings. The van der Waals surface area contributed by atoms with Crippen LogP contribution in [-0.4, -0.2) is 69.0 Å². The SMILES string of the molecule is CCOC(=O)C(OCCCC(F)(F)C(F)(F)S(=O)(=O)O)(OS(=O)(=O)C1CCCCC1)C(F)(F)F. The monoisotopic (exact) mass is 556 g/mol. The van der Waals surface area contributed by atoms with Crippen molar-refractivity contribution in [3.8, 4) is 0 Å². The molecule has 0 aromatic heterocycles. The van der Waals surface area contributed by atoms with Gasteiger partial charge in [-0.3, -0.25) is 4.55 Å². The van der Waals surface area contributed by atoms with Crippen LogP contribution in [0.3, 0.4) is 0 Å². The molecule has 0 amide bonds. The molecule has 9 nitrogen and oxygen atoms in total. The molecule has 202 valence electrons. The fraction of sp³-hybridized carbons (Fsp3) is 0.938. The van der Waals surface area contributed by atoms with Crippen LogP contribution in [0.15, 0.2) is 0 Å². The van der Waals surface area contributed by atoms with E-state index in [1.54, 1.807) is 0 Å². The number of ether oxygens (including phenoxy) is 2. The average molecular weight is 556 g/mol. The van der Waals surface area contributed by atoms with E-state index in [1.165, 1.54) is 0 Å². The molecule has 0 radical (unpaired) electrons. The number of halogens is 7. The summed E-state index contributed by atoms with van der Waals surface area (Å²) in [5, 5.41) is -7.41. The fourth-order valence-corrected chi connectivity index (χ4v) is 5.08. The number of esters is 1. The van der Waals surface area contributed by atoms with E-state index in [1.807, 2.05) is 0 Å². The third kappa shape index (κ3) is 6.70. The van der Waals surface area contributed by atoms with Gasteiger partial charge in [0.15, 0.2) is 0 Å². The molecule has 0 heterocycles. The first kappa shape index (κ1) is 30.8. The largest absolute Gasteiger partial charge is 0.462 e. The summed E-state index contributed by atoms with van der Waals surface area (Å²) < 4.78 is 162. The van der Waals surface area contributed by atoms with Gasteiger partial charge >= 0.3 is 39.2 Å². The number of alkyl halides is 7. The van der Waals surface area contributed by atoms with Crippen molar-refractivity contribution < 1.29 is 70.6 Å². The van der Waals surface area contributed by atoms with Crippen LogP contribution in [0.1, 0.15) is 51.9 Å². The Morgan fingerprint density at radius 1 is 0.971 bits per heavy atom. The molecule has 1 atom stereocenters. The third-order valence-corrected chi connectivity index (χ3v) is 7.50. The van der Waals surface area contributed by atoms with E-state index in [2.05, 4.69) is 13.7 Å². The Kier molecular flexibility index (Phi) is 9.78. The summed E-state index contributed by atoms with van der Waals surface area (Å²) in [7, 11) is -11.7. The Morgan fingerprint density at radius 2 is 1.50 bits per heavy atom. The van der Waals surface area contributed by atoms with Crippen molar-refractivity contribution in [1.29, 1.82) is 0 Å². The molecule has 0 aromatic carbocycles. The topological polar surface area (TPSA) is 133 Å². The van der Waals surface area contributed by atoms with E-state index < -0.39 is 80.7 Å². The van der Waals surface area contributed by atoms with Crippen LogP contribution in [0, 0.1) is 0 Å². The summed E-state index contributed by atoms with van der Waals surface area (Å²) in [4.78, 5) is 12.1. The average Bonchev–Trinajstić information content (AvgIpc) is 2.69. The van der Waals surface area contributed by atoms with Gasteiger partial charge in [-0.15, -0.1) is 0 Å². The first-order chi connectivity index (χ1) is 15.3. The van der Waals surface area contributed by atoms with Gasteiger partial charge in [0, 0.05) is 6.42 Å². The van der Waals surface area contributed by atoms with Gasteiger partial charge in [-0.05, 0) is 26.2 Å². The Hall–Kier alpha value is -1.24. The van der Waals surface area contributed by atoms with Gasteiger partial charge in [0.25, 0.3) is 10.1 Å². The van der Waals surface area contributed by atoms with Crippen molar-refractivity contribution in [2.24, 2.45) is 0 Å². The second-order valence-corrected chi connectivity index (χ2v) is 10.6. The second kappa shape index (κ2) is 10.8. The molecule has 1 aliphatic carbocycles. The maximum Gasteiger partial charge on any atom is 0.456 e. The van der Waals surface area contributed by atoms with Crippen molar-refractivity contribution in [2.75, 3.05) is 13.2 Å². The molecule has 0 saturated heterocycles. The molecule has 18 heteroatoms. The number of rotatable bonds is 12. The van der Waals surface area contributed by atoms with Gasteiger partial charge in [-0.25, -0.2) is 8.98 Å². The number of hydrogen-bond acceptors (Lipinski definition) is 8. The van der Waals surface area contributed by atoms with Crippen molar-refractivity contribution in [3.63, 3.8) is 0 Å². The minimum Gasteiger partial charge on any atom is -0.462 e. The predicted octanol–water partition coefficient (Wildman–Crippen LogP) is 3.40. The van der Waals surface area contributed by atoms with E-state index in [-0.39, 0.29) is 12.8 Å². The first-order valence-electron chi connectivity index (χ1n) is 9.80. The van der Waals surface area contributed by atoms with Crippen LogP contribution in [0.4, 0.5) is 30.7 Å². The minimum absolute atomic E-state index is 0.0873. The number of carbonyl (C=O) groups excluding carboxylic acids is 1. The zero-order chi connectivity index (χ0) is 26.6. The Balaban J connectivity index is 3.18. The highest BCUT2D eigenvalue weighted by atomic mass is 32.2. The molecule has 1 aliphatic rings. The molecular weight excluding hydrogens is 533 g/mol.